The topological polar surface area (TPSA) is 30.5 Å². The van der Waals surface area contributed by atoms with Gasteiger partial charge in [-0.15, -0.1) is 0 Å². The smallest absolute Gasteiger partial charge is 0.161 e. The van der Waals surface area contributed by atoms with Crippen molar-refractivity contribution in [2.45, 2.75) is 51.5 Å². The summed E-state index contributed by atoms with van der Waals surface area (Å²) in [5.41, 5.74) is 0. The SMILES string of the molecule is CCNC(CCCOc1ccccc1OC)C1CCCC1. The molecule has 3 nitrogen and oxygen atoms in total. The first kappa shape index (κ1) is 16.2. The summed E-state index contributed by atoms with van der Waals surface area (Å²) in [7, 11) is 1.68. The minimum absolute atomic E-state index is 0.666. The van der Waals surface area contributed by atoms with Gasteiger partial charge < -0.3 is 14.8 Å². The van der Waals surface area contributed by atoms with Gasteiger partial charge in [0.15, 0.2) is 11.5 Å². The van der Waals surface area contributed by atoms with E-state index in [-0.39, 0.29) is 0 Å². The molecule has 1 aromatic rings. The molecule has 1 aliphatic rings. The third-order valence-corrected chi connectivity index (χ3v) is 4.42. The Labute approximate surface area is 129 Å². The number of benzene rings is 1. The van der Waals surface area contributed by atoms with Crippen molar-refractivity contribution in [3.63, 3.8) is 0 Å². The third kappa shape index (κ3) is 4.92. The number of rotatable bonds is 9. The van der Waals surface area contributed by atoms with Gasteiger partial charge in [-0.1, -0.05) is 31.9 Å². The summed E-state index contributed by atoms with van der Waals surface area (Å²) in [6, 6.07) is 8.52. The van der Waals surface area contributed by atoms with Gasteiger partial charge in [0.1, 0.15) is 0 Å². The minimum Gasteiger partial charge on any atom is -0.493 e. The normalized spacial score (nSPS) is 16.9. The van der Waals surface area contributed by atoms with E-state index in [4.69, 9.17) is 9.47 Å². The molecule has 0 radical (unpaired) electrons. The van der Waals surface area contributed by atoms with Crippen LogP contribution in [-0.2, 0) is 0 Å². The molecule has 0 spiro atoms. The highest BCUT2D eigenvalue weighted by atomic mass is 16.5. The zero-order chi connectivity index (χ0) is 14.9. The summed E-state index contributed by atoms with van der Waals surface area (Å²) >= 11 is 0. The van der Waals surface area contributed by atoms with Crippen LogP contribution in [0.1, 0.15) is 45.4 Å². The molecule has 1 N–H and O–H groups in total. The van der Waals surface area contributed by atoms with Crippen LogP contribution in [0.4, 0.5) is 0 Å². The van der Waals surface area contributed by atoms with Crippen LogP contribution in [0.25, 0.3) is 0 Å². The maximum atomic E-state index is 5.87. The van der Waals surface area contributed by atoms with Crippen molar-refractivity contribution < 1.29 is 9.47 Å². The number of methoxy groups -OCH3 is 1. The van der Waals surface area contributed by atoms with Crippen LogP contribution in [0, 0.1) is 5.92 Å². The fourth-order valence-electron chi connectivity index (χ4n) is 3.35. The van der Waals surface area contributed by atoms with Crippen molar-refractivity contribution in [3.8, 4) is 11.5 Å². The largest absolute Gasteiger partial charge is 0.493 e. The van der Waals surface area contributed by atoms with Crippen molar-refractivity contribution in [2.75, 3.05) is 20.3 Å². The summed E-state index contributed by atoms with van der Waals surface area (Å²) in [6.45, 7) is 4.02. The molecule has 0 amide bonds. The molecule has 0 aliphatic heterocycles. The molecular formula is C18H29NO2. The Morgan fingerprint density at radius 3 is 2.57 bits per heavy atom. The highest BCUT2D eigenvalue weighted by Crippen LogP contribution is 2.30. The Balaban J connectivity index is 1.74. The summed E-state index contributed by atoms with van der Waals surface area (Å²) in [5, 5.41) is 3.67. The van der Waals surface area contributed by atoms with E-state index in [2.05, 4.69) is 12.2 Å². The standard InChI is InChI=1S/C18H29NO2/c1-3-19-16(15-9-4-5-10-15)11-8-14-21-18-13-7-6-12-17(18)20-2/h6-7,12-13,15-16,19H,3-5,8-11,14H2,1-2H3. The molecule has 0 bridgehead atoms. The average molecular weight is 291 g/mol. The molecule has 118 valence electrons. The van der Waals surface area contributed by atoms with Gasteiger partial charge >= 0.3 is 0 Å². The molecule has 21 heavy (non-hydrogen) atoms. The van der Waals surface area contributed by atoms with Crippen molar-refractivity contribution in [3.05, 3.63) is 24.3 Å². The average Bonchev–Trinajstić information content (AvgIpc) is 3.05. The third-order valence-electron chi connectivity index (χ3n) is 4.42. The monoisotopic (exact) mass is 291 g/mol. The van der Waals surface area contributed by atoms with Crippen molar-refractivity contribution in [1.29, 1.82) is 0 Å². The van der Waals surface area contributed by atoms with E-state index >= 15 is 0 Å². The predicted molar refractivity (Wildman–Crippen MR) is 87.1 cm³/mol. The lowest BCUT2D eigenvalue weighted by Crippen LogP contribution is -2.35. The highest BCUT2D eigenvalue weighted by Gasteiger charge is 2.23. The van der Waals surface area contributed by atoms with Gasteiger partial charge in [-0.25, -0.2) is 0 Å². The minimum atomic E-state index is 0.666. The Hall–Kier alpha value is -1.22. The second kappa shape index (κ2) is 8.93. The van der Waals surface area contributed by atoms with Crippen molar-refractivity contribution in [2.24, 2.45) is 5.92 Å². The van der Waals surface area contributed by atoms with Crippen LogP contribution in [0.3, 0.4) is 0 Å². The van der Waals surface area contributed by atoms with Gasteiger partial charge in [0.2, 0.25) is 0 Å². The Morgan fingerprint density at radius 2 is 1.90 bits per heavy atom. The molecule has 1 aromatic carbocycles. The second-order valence-corrected chi connectivity index (χ2v) is 5.85. The predicted octanol–water partition coefficient (Wildman–Crippen LogP) is 4.02. The second-order valence-electron chi connectivity index (χ2n) is 5.85. The zero-order valence-corrected chi connectivity index (χ0v) is 13.4. The van der Waals surface area contributed by atoms with Gasteiger partial charge in [0.25, 0.3) is 0 Å². The van der Waals surface area contributed by atoms with Crippen LogP contribution in [-0.4, -0.2) is 26.3 Å². The number of nitrogens with one attached hydrogen (secondary N) is 1. The van der Waals surface area contributed by atoms with E-state index in [9.17, 15) is 0 Å². The van der Waals surface area contributed by atoms with Crippen molar-refractivity contribution in [1.82, 2.24) is 5.32 Å². The number of hydrogen-bond donors (Lipinski definition) is 1. The summed E-state index contributed by atoms with van der Waals surface area (Å²) < 4.78 is 11.2. The molecule has 2 rings (SSSR count). The molecule has 1 unspecified atom stereocenters. The summed E-state index contributed by atoms with van der Waals surface area (Å²) in [4.78, 5) is 0. The van der Waals surface area contributed by atoms with Gasteiger partial charge in [-0.2, -0.15) is 0 Å². The first-order valence-electron chi connectivity index (χ1n) is 8.34. The molecule has 1 atom stereocenters. The lowest BCUT2D eigenvalue weighted by atomic mass is 9.94. The van der Waals surface area contributed by atoms with E-state index in [0.29, 0.717) is 6.04 Å². The van der Waals surface area contributed by atoms with Crippen LogP contribution in [0.2, 0.25) is 0 Å². The van der Waals surface area contributed by atoms with Gasteiger partial charge in [0, 0.05) is 6.04 Å². The van der Waals surface area contributed by atoms with E-state index in [1.807, 2.05) is 24.3 Å². The van der Waals surface area contributed by atoms with Crippen LogP contribution in [0.15, 0.2) is 24.3 Å². The molecule has 1 fully saturated rings. The first-order valence-corrected chi connectivity index (χ1v) is 8.34. The summed E-state index contributed by atoms with van der Waals surface area (Å²) in [5.74, 6) is 2.54. The molecular weight excluding hydrogens is 262 g/mol. The summed E-state index contributed by atoms with van der Waals surface area (Å²) in [6.07, 6.45) is 7.89. The quantitative estimate of drug-likeness (QED) is 0.697. The van der Waals surface area contributed by atoms with E-state index in [1.165, 1.54) is 32.1 Å². The maximum Gasteiger partial charge on any atom is 0.161 e. The molecule has 3 heteroatoms. The Kier molecular flexibility index (Phi) is 6.87. The molecule has 0 aromatic heterocycles. The van der Waals surface area contributed by atoms with Crippen molar-refractivity contribution >= 4 is 0 Å². The van der Waals surface area contributed by atoms with Crippen LogP contribution < -0.4 is 14.8 Å². The molecule has 1 saturated carbocycles. The highest BCUT2D eigenvalue weighted by molar-refractivity contribution is 5.39. The molecule has 0 saturated heterocycles. The molecule has 1 aliphatic carbocycles. The molecule has 0 heterocycles. The lowest BCUT2D eigenvalue weighted by Gasteiger charge is -2.24. The van der Waals surface area contributed by atoms with E-state index in [1.54, 1.807) is 7.11 Å². The zero-order valence-electron chi connectivity index (χ0n) is 13.4. The first-order chi connectivity index (χ1) is 10.3. The number of hydrogen-bond acceptors (Lipinski definition) is 3. The Morgan fingerprint density at radius 1 is 1.19 bits per heavy atom. The van der Waals surface area contributed by atoms with Gasteiger partial charge in [-0.3, -0.25) is 0 Å². The maximum absolute atomic E-state index is 5.87. The lowest BCUT2D eigenvalue weighted by molar-refractivity contribution is 0.263. The fourth-order valence-corrected chi connectivity index (χ4v) is 3.35. The number of ether oxygens (including phenoxy) is 2. The van der Waals surface area contributed by atoms with E-state index < -0.39 is 0 Å². The number of para-hydroxylation sites is 2. The van der Waals surface area contributed by atoms with Crippen LogP contribution >= 0.6 is 0 Å². The Bertz CT molecular complexity index is 402. The van der Waals surface area contributed by atoms with E-state index in [0.717, 1.165) is 37.0 Å². The van der Waals surface area contributed by atoms with Gasteiger partial charge in [0.05, 0.1) is 13.7 Å². The van der Waals surface area contributed by atoms with Crippen LogP contribution in [0.5, 0.6) is 11.5 Å². The fraction of sp³-hybridized carbons (Fsp3) is 0.667. The van der Waals surface area contributed by atoms with Gasteiger partial charge in [-0.05, 0) is 50.3 Å².